The molecule has 0 fully saturated rings. The summed E-state index contributed by atoms with van der Waals surface area (Å²) in [7, 11) is 0. The van der Waals surface area contributed by atoms with Crippen LogP contribution < -0.4 is 15.6 Å². The van der Waals surface area contributed by atoms with E-state index in [1.165, 1.54) is 10.6 Å². The fourth-order valence-electron chi connectivity index (χ4n) is 3.04. The van der Waals surface area contributed by atoms with Gasteiger partial charge in [0.1, 0.15) is 24.1 Å². The number of carbonyl (C=O) groups excluding carboxylic acids is 1. The van der Waals surface area contributed by atoms with Gasteiger partial charge in [0, 0.05) is 23.7 Å². The highest BCUT2D eigenvalue weighted by Gasteiger charge is 2.20. The summed E-state index contributed by atoms with van der Waals surface area (Å²) in [5.74, 6) is -1.81. The number of aliphatic hydroxyl groups excluding tert-OH is 1. The van der Waals surface area contributed by atoms with Crippen LogP contribution in [0.25, 0.3) is 5.69 Å². The lowest BCUT2D eigenvalue weighted by molar-refractivity contribution is 0.0944. The van der Waals surface area contributed by atoms with E-state index in [0.717, 1.165) is 12.1 Å². The Kier molecular flexibility index (Phi) is 7.22. The quantitative estimate of drug-likeness (QED) is 0.561. The van der Waals surface area contributed by atoms with Gasteiger partial charge in [-0.05, 0) is 43.7 Å². The lowest BCUT2D eigenvalue weighted by Gasteiger charge is -2.20. The number of benzene rings is 2. The summed E-state index contributed by atoms with van der Waals surface area (Å²) in [4.78, 5) is 28.4. The van der Waals surface area contributed by atoms with Crippen LogP contribution in [0.1, 0.15) is 27.3 Å². The largest absolute Gasteiger partial charge is 0.472 e. The Morgan fingerprint density at radius 3 is 2.66 bits per heavy atom. The van der Waals surface area contributed by atoms with E-state index in [4.69, 9.17) is 21.4 Å². The molecule has 0 aliphatic rings. The summed E-state index contributed by atoms with van der Waals surface area (Å²) in [6.07, 6.45) is 0. The van der Waals surface area contributed by atoms with Crippen molar-refractivity contribution in [1.82, 2.24) is 14.9 Å². The molecule has 0 bridgehead atoms. The molecule has 3 rings (SSSR count). The Morgan fingerprint density at radius 1 is 1.22 bits per heavy atom. The van der Waals surface area contributed by atoms with Gasteiger partial charge in [0.25, 0.3) is 11.5 Å². The highest BCUT2D eigenvalue weighted by Crippen LogP contribution is 2.29. The maximum absolute atomic E-state index is 14.0. The van der Waals surface area contributed by atoms with E-state index >= 15 is 0 Å². The highest BCUT2D eigenvalue weighted by molar-refractivity contribution is 6.31. The van der Waals surface area contributed by atoms with Crippen molar-refractivity contribution in [3.05, 3.63) is 85.9 Å². The molecule has 0 saturated heterocycles. The first-order valence-electron chi connectivity index (χ1n) is 9.59. The molecule has 10 heteroatoms. The van der Waals surface area contributed by atoms with Gasteiger partial charge in [0.15, 0.2) is 5.02 Å². The smallest absolute Gasteiger partial charge is 0.295 e. The standard InChI is InChI=1S/C22H20ClF2N3O4/c1-12-3-4-14(20(30)26-7-8-29)9-18(12)28-13(2)27-21(31)19(23)22(28)32-11-15-5-6-16(24)10-17(15)25/h3-6,9-10,29H,7-8,11H2,1-2H3,(H,26,30). The third-order valence-electron chi connectivity index (χ3n) is 4.65. The van der Waals surface area contributed by atoms with E-state index in [1.54, 1.807) is 32.0 Å². The summed E-state index contributed by atoms with van der Waals surface area (Å²) in [5.41, 5.74) is 0.798. The molecule has 0 aliphatic carbocycles. The van der Waals surface area contributed by atoms with E-state index in [0.29, 0.717) is 16.8 Å². The van der Waals surface area contributed by atoms with Gasteiger partial charge in [0.2, 0.25) is 5.88 Å². The summed E-state index contributed by atoms with van der Waals surface area (Å²) in [6, 6.07) is 7.90. The zero-order chi connectivity index (χ0) is 23.4. The molecule has 7 nitrogen and oxygen atoms in total. The number of amides is 1. The van der Waals surface area contributed by atoms with Crippen molar-refractivity contribution in [2.24, 2.45) is 0 Å². The number of nitrogens with one attached hydrogen (secondary N) is 1. The molecule has 0 aliphatic heterocycles. The lowest BCUT2D eigenvalue weighted by atomic mass is 10.1. The Balaban J connectivity index is 2.08. The van der Waals surface area contributed by atoms with E-state index in [2.05, 4.69) is 10.3 Å². The maximum Gasteiger partial charge on any atom is 0.295 e. The van der Waals surface area contributed by atoms with E-state index < -0.39 is 23.1 Å². The Bertz CT molecular complexity index is 1230. The molecule has 32 heavy (non-hydrogen) atoms. The zero-order valence-electron chi connectivity index (χ0n) is 17.3. The SMILES string of the molecule is Cc1ccc(C(=O)NCCO)cc1-n1c(C)nc(=O)c(Cl)c1OCc1ccc(F)cc1F. The van der Waals surface area contributed by atoms with Gasteiger partial charge in [0.05, 0.1) is 12.3 Å². The molecule has 1 amide bonds. The predicted octanol–water partition coefficient (Wildman–Crippen LogP) is 3.08. The molecule has 2 aromatic carbocycles. The van der Waals surface area contributed by atoms with Crippen molar-refractivity contribution in [1.29, 1.82) is 0 Å². The first-order chi connectivity index (χ1) is 15.2. The molecular formula is C22H20ClF2N3O4. The second kappa shape index (κ2) is 9.88. The Hall–Kier alpha value is -3.30. The average molecular weight is 464 g/mol. The van der Waals surface area contributed by atoms with Crippen LogP contribution in [0.4, 0.5) is 8.78 Å². The van der Waals surface area contributed by atoms with Crippen LogP contribution in [0.5, 0.6) is 5.88 Å². The molecule has 1 aromatic heterocycles. The molecule has 0 radical (unpaired) electrons. The fraction of sp³-hybridized carbons (Fsp3) is 0.227. The summed E-state index contributed by atoms with van der Waals surface area (Å²) >= 11 is 6.19. The minimum absolute atomic E-state index is 0.0600. The number of aliphatic hydroxyl groups is 1. The van der Waals surface area contributed by atoms with Crippen LogP contribution in [0, 0.1) is 25.5 Å². The number of nitrogens with zero attached hydrogens (tertiary/aromatic N) is 2. The minimum atomic E-state index is -0.806. The number of hydrogen-bond donors (Lipinski definition) is 2. The zero-order valence-corrected chi connectivity index (χ0v) is 18.0. The second-order valence-corrected chi connectivity index (χ2v) is 7.30. The molecule has 0 unspecified atom stereocenters. The molecule has 2 N–H and O–H groups in total. The second-order valence-electron chi connectivity index (χ2n) is 6.92. The van der Waals surface area contributed by atoms with Crippen molar-refractivity contribution in [2.75, 3.05) is 13.2 Å². The third-order valence-corrected chi connectivity index (χ3v) is 4.98. The average Bonchev–Trinajstić information content (AvgIpc) is 2.75. The van der Waals surface area contributed by atoms with Crippen molar-refractivity contribution in [3.8, 4) is 11.6 Å². The lowest BCUT2D eigenvalue weighted by Crippen LogP contribution is -2.26. The van der Waals surface area contributed by atoms with Crippen LogP contribution in [-0.4, -0.2) is 33.7 Å². The summed E-state index contributed by atoms with van der Waals surface area (Å²) in [6.45, 7) is 2.88. The molecule has 168 valence electrons. The first kappa shape index (κ1) is 23.4. The summed E-state index contributed by atoms with van der Waals surface area (Å²) < 4.78 is 34.4. The van der Waals surface area contributed by atoms with Gasteiger partial charge in [-0.25, -0.2) is 8.78 Å². The van der Waals surface area contributed by atoms with Crippen LogP contribution in [-0.2, 0) is 6.61 Å². The third kappa shape index (κ3) is 4.95. The summed E-state index contributed by atoms with van der Waals surface area (Å²) in [5, 5.41) is 11.2. The molecule has 3 aromatic rings. The topological polar surface area (TPSA) is 93.5 Å². The van der Waals surface area contributed by atoms with Crippen molar-refractivity contribution in [2.45, 2.75) is 20.5 Å². The van der Waals surface area contributed by atoms with Crippen LogP contribution in [0.15, 0.2) is 41.2 Å². The van der Waals surface area contributed by atoms with Gasteiger partial charge < -0.3 is 15.2 Å². The Labute approximate surface area is 187 Å². The minimum Gasteiger partial charge on any atom is -0.472 e. The predicted molar refractivity (Wildman–Crippen MR) is 114 cm³/mol. The van der Waals surface area contributed by atoms with Crippen LogP contribution in [0.2, 0.25) is 5.02 Å². The van der Waals surface area contributed by atoms with Gasteiger partial charge in [-0.15, -0.1) is 0 Å². The van der Waals surface area contributed by atoms with Crippen molar-refractivity contribution >= 4 is 17.5 Å². The Morgan fingerprint density at radius 2 is 1.97 bits per heavy atom. The monoisotopic (exact) mass is 463 g/mol. The number of halogens is 3. The van der Waals surface area contributed by atoms with E-state index in [-0.39, 0.29) is 42.0 Å². The fourth-order valence-corrected chi connectivity index (χ4v) is 3.22. The highest BCUT2D eigenvalue weighted by atomic mass is 35.5. The molecule has 0 atom stereocenters. The van der Waals surface area contributed by atoms with Gasteiger partial charge in [-0.1, -0.05) is 17.7 Å². The maximum atomic E-state index is 14.0. The first-order valence-corrected chi connectivity index (χ1v) is 9.96. The number of ether oxygens (including phenoxy) is 1. The number of aryl methyl sites for hydroxylation is 2. The van der Waals surface area contributed by atoms with E-state index in [9.17, 15) is 18.4 Å². The van der Waals surface area contributed by atoms with Gasteiger partial charge in [-0.3, -0.25) is 14.2 Å². The van der Waals surface area contributed by atoms with Gasteiger partial charge in [-0.2, -0.15) is 4.98 Å². The molecule has 0 saturated carbocycles. The van der Waals surface area contributed by atoms with E-state index in [1.807, 2.05) is 0 Å². The van der Waals surface area contributed by atoms with Crippen molar-refractivity contribution in [3.63, 3.8) is 0 Å². The number of aromatic nitrogens is 2. The van der Waals surface area contributed by atoms with Crippen LogP contribution in [0.3, 0.4) is 0 Å². The number of hydrogen-bond acceptors (Lipinski definition) is 5. The number of carbonyl (C=O) groups is 1. The van der Waals surface area contributed by atoms with Crippen LogP contribution >= 0.6 is 11.6 Å². The molecule has 1 heterocycles. The normalized spacial score (nSPS) is 10.8. The van der Waals surface area contributed by atoms with Gasteiger partial charge >= 0.3 is 0 Å². The van der Waals surface area contributed by atoms with Crippen molar-refractivity contribution < 1.29 is 23.4 Å². The molecule has 0 spiro atoms. The number of rotatable bonds is 7. The molecular weight excluding hydrogens is 444 g/mol.